The van der Waals surface area contributed by atoms with Crippen molar-refractivity contribution in [3.63, 3.8) is 0 Å². The predicted molar refractivity (Wildman–Crippen MR) is 131 cm³/mol. The van der Waals surface area contributed by atoms with Gasteiger partial charge < -0.3 is 19.3 Å². The SMILES string of the molecule is CCNC(=NCc1ccc(Cn2ccnc2)cc1)N1CCN(Cc2ccon2)CC1.I. The number of piperazine rings is 1. The summed E-state index contributed by atoms with van der Waals surface area (Å²) >= 11 is 0. The number of guanidine groups is 1. The van der Waals surface area contributed by atoms with E-state index in [4.69, 9.17) is 9.52 Å². The molecule has 0 saturated carbocycles. The lowest BCUT2D eigenvalue weighted by Gasteiger charge is -2.36. The summed E-state index contributed by atoms with van der Waals surface area (Å²) in [5.74, 6) is 0.987. The van der Waals surface area contributed by atoms with Gasteiger partial charge in [-0.15, -0.1) is 24.0 Å². The molecule has 0 atom stereocenters. The van der Waals surface area contributed by atoms with Gasteiger partial charge in [-0.2, -0.15) is 0 Å². The Hall–Kier alpha value is -2.40. The minimum Gasteiger partial charge on any atom is -0.364 e. The van der Waals surface area contributed by atoms with Crippen LogP contribution in [0, 0.1) is 0 Å². The summed E-state index contributed by atoms with van der Waals surface area (Å²) in [5, 5.41) is 7.46. The predicted octanol–water partition coefficient (Wildman–Crippen LogP) is 2.82. The molecule has 1 aliphatic heterocycles. The Bertz CT molecular complexity index is 902. The Labute approximate surface area is 200 Å². The van der Waals surface area contributed by atoms with Crippen LogP contribution < -0.4 is 5.32 Å². The van der Waals surface area contributed by atoms with E-state index in [2.05, 4.69) is 61.0 Å². The number of hydrogen-bond acceptors (Lipinski definition) is 5. The minimum atomic E-state index is 0. The number of nitrogens with zero attached hydrogens (tertiary/aromatic N) is 6. The van der Waals surface area contributed by atoms with Crippen LogP contribution in [0.3, 0.4) is 0 Å². The third-order valence-corrected chi connectivity index (χ3v) is 5.24. The second kappa shape index (κ2) is 11.8. The number of nitrogens with one attached hydrogen (secondary N) is 1. The molecule has 4 rings (SSSR count). The Kier molecular flexibility index (Phi) is 8.89. The Morgan fingerprint density at radius 1 is 1.06 bits per heavy atom. The van der Waals surface area contributed by atoms with Crippen LogP contribution in [0.5, 0.6) is 0 Å². The summed E-state index contributed by atoms with van der Waals surface area (Å²) < 4.78 is 7.00. The molecule has 1 aromatic carbocycles. The first-order valence-corrected chi connectivity index (χ1v) is 10.5. The lowest BCUT2D eigenvalue weighted by molar-refractivity contribution is 0.169. The van der Waals surface area contributed by atoms with Gasteiger partial charge in [-0.25, -0.2) is 9.98 Å². The zero-order valence-electron chi connectivity index (χ0n) is 17.9. The fourth-order valence-corrected chi connectivity index (χ4v) is 3.60. The molecule has 1 N–H and O–H groups in total. The lowest BCUT2D eigenvalue weighted by atomic mass is 10.1. The standard InChI is InChI=1S/C22H29N7O.HI/c1-2-24-22(29-12-10-27(11-13-29)17-21-7-14-30-26-21)25-15-19-3-5-20(6-4-19)16-28-9-8-23-18-28;/h3-9,14,18H,2,10-13,15-17H2,1H3,(H,24,25);1H. The molecule has 8 nitrogen and oxygen atoms in total. The lowest BCUT2D eigenvalue weighted by Crippen LogP contribution is -2.52. The van der Waals surface area contributed by atoms with Crippen molar-refractivity contribution in [1.29, 1.82) is 0 Å². The fourth-order valence-electron chi connectivity index (χ4n) is 3.60. The molecule has 0 aliphatic carbocycles. The van der Waals surface area contributed by atoms with E-state index >= 15 is 0 Å². The van der Waals surface area contributed by atoms with Gasteiger partial charge in [-0.3, -0.25) is 4.90 Å². The summed E-state index contributed by atoms with van der Waals surface area (Å²) in [4.78, 5) is 13.7. The highest BCUT2D eigenvalue weighted by molar-refractivity contribution is 14.0. The van der Waals surface area contributed by atoms with E-state index in [1.165, 1.54) is 11.1 Å². The van der Waals surface area contributed by atoms with E-state index in [9.17, 15) is 0 Å². The minimum absolute atomic E-state index is 0. The van der Waals surface area contributed by atoms with Crippen LogP contribution in [0.2, 0.25) is 0 Å². The van der Waals surface area contributed by atoms with E-state index in [0.29, 0.717) is 6.54 Å². The van der Waals surface area contributed by atoms with Gasteiger partial charge in [-0.1, -0.05) is 29.4 Å². The second-order valence-corrected chi connectivity index (χ2v) is 7.48. The molecule has 0 bridgehead atoms. The highest BCUT2D eigenvalue weighted by atomic mass is 127. The smallest absolute Gasteiger partial charge is 0.194 e. The van der Waals surface area contributed by atoms with E-state index in [-0.39, 0.29) is 24.0 Å². The van der Waals surface area contributed by atoms with Gasteiger partial charge in [-0.05, 0) is 18.1 Å². The number of imidazole rings is 1. The van der Waals surface area contributed by atoms with E-state index < -0.39 is 0 Å². The van der Waals surface area contributed by atoms with Gasteiger partial charge in [0.15, 0.2) is 5.96 Å². The number of benzene rings is 1. The maximum atomic E-state index is 4.93. The van der Waals surface area contributed by atoms with Crippen LogP contribution in [-0.4, -0.2) is 63.2 Å². The molecule has 1 fully saturated rings. The highest BCUT2D eigenvalue weighted by Gasteiger charge is 2.20. The largest absolute Gasteiger partial charge is 0.364 e. The molecule has 2 aromatic heterocycles. The van der Waals surface area contributed by atoms with Gasteiger partial charge >= 0.3 is 0 Å². The van der Waals surface area contributed by atoms with Gasteiger partial charge in [0.05, 0.1) is 18.6 Å². The van der Waals surface area contributed by atoms with Crippen molar-refractivity contribution in [2.75, 3.05) is 32.7 Å². The summed E-state index contributed by atoms with van der Waals surface area (Å²) in [6.07, 6.45) is 7.25. The second-order valence-electron chi connectivity index (χ2n) is 7.48. The summed E-state index contributed by atoms with van der Waals surface area (Å²) in [6, 6.07) is 10.6. The average Bonchev–Trinajstić information content (AvgIpc) is 3.47. The normalized spacial score (nSPS) is 15.0. The van der Waals surface area contributed by atoms with Gasteiger partial charge in [0.2, 0.25) is 0 Å². The molecule has 0 spiro atoms. The first kappa shape index (κ1) is 23.3. The number of rotatable bonds is 7. The van der Waals surface area contributed by atoms with Crippen LogP contribution in [-0.2, 0) is 19.6 Å². The van der Waals surface area contributed by atoms with Crippen LogP contribution >= 0.6 is 24.0 Å². The zero-order valence-corrected chi connectivity index (χ0v) is 20.2. The third-order valence-electron chi connectivity index (χ3n) is 5.24. The van der Waals surface area contributed by atoms with Gasteiger partial charge in [0.25, 0.3) is 0 Å². The quantitative estimate of drug-likeness (QED) is 0.285. The van der Waals surface area contributed by atoms with Gasteiger partial charge in [0, 0.05) is 64.3 Å². The molecule has 0 amide bonds. The first-order chi connectivity index (χ1) is 14.8. The molecule has 166 valence electrons. The summed E-state index contributed by atoms with van der Waals surface area (Å²) in [6.45, 7) is 9.20. The van der Waals surface area contributed by atoms with Crippen molar-refractivity contribution in [2.45, 2.75) is 26.6 Å². The van der Waals surface area contributed by atoms with Gasteiger partial charge in [0.1, 0.15) is 6.26 Å². The molecule has 3 aromatic rings. The van der Waals surface area contributed by atoms with Crippen molar-refractivity contribution in [3.05, 3.63) is 72.1 Å². The average molecular weight is 535 g/mol. The Balaban J connectivity index is 0.00000272. The molecule has 9 heteroatoms. The number of aromatic nitrogens is 3. The van der Waals surface area contributed by atoms with Crippen molar-refractivity contribution in [2.24, 2.45) is 4.99 Å². The number of aliphatic imine (C=N–C) groups is 1. The van der Waals surface area contributed by atoms with E-state index in [1.54, 1.807) is 12.5 Å². The molecule has 1 saturated heterocycles. The van der Waals surface area contributed by atoms with E-state index in [0.717, 1.165) is 57.5 Å². The number of halogens is 1. The van der Waals surface area contributed by atoms with Crippen molar-refractivity contribution >= 4 is 29.9 Å². The molecule has 3 heterocycles. The maximum Gasteiger partial charge on any atom is 0.194 e. The Morgan fingerprint density at radius 2 is 1.84 bits per heavy atom. The summed E-state index contributed by atoms with van der Waals surface area (Å²) in [7, 11) is 0. The van der Waals surface area contributed by atoms with Crippen molar-refractivity contribution in [3.8, 4) is 0 Å². The topological polar surface area (TPSA) is 74.7 Å². The summed E-state index contributed by atoms with van der Waals surface area (Å²) in [5.41, 5.74) is 3.46. The van der Waals surface area contributed by atoms with Crippen molar-refractivity contribution in [1.82, 2.24) is 29.8 Å². The molecular weight excluding hydrogens is 505 g/mol. The molecular formula is C22H30IN7O. The molecule has 31 heavy (non-hydrogen) atoms. The van der Waals surface area contributed by atoms with Crippen LogP contribution in [0.1, 0.15) is 23.7 Å². The third kappa shape index (κ3) is 6.79. The first-order valence-electron chi connectivity index (χ1n) is 10.5. The molecule has 1 aliphatic rings. The van der Waals surface area contributed by atoms with Crippen LogP contribution in [0.15, 0.2) is 64.8 Å². The van der Waals surface area contributed by atoms with Crippen LogP contribution in [0.4, 0.5) is 0 Å². The Morgan fingerprint density at radius 3 is 2.48 bits per heavy atom. The molecule has 0 unspecified atom stereocenters. The van der Waals surface area contributed by atoms with Crippen LogP contribution in [0.25, 0.3) is 0 Å². The zero-order chi connectivity index (χ0) is 20.6. The monoisotopic (exact) mass is 535 g/mol. The van der Waals surface area contributed by atoms with Crippen molar-refractivity contribution < 1.29 is 4.52 Å². The van der Waals surface area contributed by atoms with E-state index in [1.807, 2.05) is 18.6 Å². The number of hydrogen-bond donors (Lipinski definition) is 1. The fraction of sp³-hybridized carbons (Fsp3) is 0.409. The highest BCUT2D eigenvalue weighted by Crippen LogP contribution is 2.10. The maximum absolute atomic E-state index is 4.93. The molecule has 0 radical (unpaired) electrons.